The molecule has 226 valence electrons. The molecule has 1 saturated heterocycles. The molecule has 5 rings (SSSR count). The molecule has 1 aromatic heterocycles. The molecule has 0 bridgehead atoms. The fourth-order valence-corrected chi connectivity index (χ4v) is 5.25. The van der Waals surface area contributed by atoms with Gasteiger partial charge >= 0.3 is 6.36 Å². The number of thioether (sulfide) groups is 1. The number of hydrogen-bond acceptors (Lipinski definition) is 7. The average molecular weight is 642 g/mol. The van der Waals surface area contributed by atoms with Gasteiger partial charge in [0.15, 0.2) is 11.0 Å². The van der Waals surface area contributed by atoms with Gasteiger partial charge < -0.3 is 4.74 Å². The van der Waals surface area contributed by atoms with Crippen LogP contribution >= 0.6 is 24.0 Å². The van der Waals surface area contributed by atoms with Crippen molar-refractivity contribution in [3.05, 3.63) is 90.0 Å². The van der Waals surface area contributed by atoms with Crippen LogP contribution in [0.25, 0.3) is 17.1 Å². The fourth-order valence-electron chi connectivity index (χ4n) is 4.19. The molecule has 9 nitrogen and oxygen atoms in total. The van der Waals surface area contributed by atoms with Gasteiger partial charge in [0.25, 0.3) is 0 Å². The minimum absolute atomic E-state index is 0.0181. The summed E-state index contributed by atoms with van der Waals surface area (Å²) in [6.07, 6.45) is -1.78. The molecule has 3 aromatic carbocycles. The van der Waals surface area contributed by atoms with Gasteiger partial charge in [-0.2, -0.15) is 10.1 Å². The van der Waals surface area contributed by atoms with Crippen molar-refractivity contribution in [3.63, 3.8) is 0 Å². The predicted molar refractivity (Wildman–Crippen MR) is 165 cm³/mol. The minimum atomic E-state index is -4.77. The van der Waals surface area contributed by atoms with E-state index in [-0.39, 0.29) is 34.3 Å². The van der Waals surface area contributed by atoms with Crippen LogP contribution in [0.1, 0.15) is 30.9 Å². The van der Waals surface area contributed by atoms with Gasteiger partial charge in [0, 0.05) is 5.56 Å². The highest BCUT2D eigenvalue weighted by Gasteiger charge is 2.32. The molecule has 0 saturated carbocycles. The molecule has 0 aliphatic carbocycles. The number of nitrogens with zero attached hydrogens (tertiary/aromatic N) is 6. The van der Waals surface area contributed by atoms with E-state index >= 15 is 0 Å². The number of amides is 1. The molecule has 15 heteroatoms. The molecule has 4 aromatic rings. The summed E-state index contributed by atoms with van der Waals surface area (Å²) in [7, 11) is 0. The number of benzene rings is 3. The number of rotatable bonds is 7. The van der Waals surface area contributed by atoms with Crippen molar-refractivity contribution in [2.24, 2.45) is 10.1 Å². The zero-order chi connectivity index (χ0) is 31.4. The van der Waals surface area contributed by atoms with Crippen LogP contribution < -0.4 is 15.1 Å². The van der Waals surface area contributed by atoms with Crippen LogP contribution in [0.5, 0.6) is 5.75 Å². The number of ether oxygens (including phenoxy) is 1. The van der Waals surface area contributed by atoms with Crippen LogP contribution in [-0.4, -0.2) is 49.3 Å². The lowest BCUT2D eigenvalue weighted by molar-refractivity contribution is -0.274. The number of carbonyl (C=O) groups is 1. The van der Waals surface area contributed by atoms with Gasteiger partial charge in [0.2, 0.25) is 11.0 Å². The van der Waals surface area contributed by atoms with Crippen molar-refractivity contribution in [2.75, 3.05) is 10.7 Å². The van der Waals surface area contributed by atoms with E-state index in [2.05, 4.69) is 30.3 Å². The molecule has 0 radical (unpaired) electrons. The monoisotopic (exact) mass is 641 g/mol. The van der Waals surface area contributed by atoms with E-state index in [4.69, 9.17) is 12.2 Å². The number of carbonyl (C=O) groups excluding carboxylic acids is 1. The Balaban J connectivity index is 1.21. The highest BCUT2D eigenvalue weighted by atomic mass is 32.2. The van der Waals surface area contributed by atoms with Gasteiger partial charge in [0.1, 0.15) is 17.9 Å². The van der Waals surface area contributed by atoms with Crippen molar-refractivity contribution in [1.82, 2.24) is 20.2 Å². The van der Waals surface area contributed by atoms with E-state index in [1.165, 1.54) is 70.3 Å². The van der Waals surface area contributed by atoms with Crippen molar-refractivity contribution >= 4 is 52.1 Å². The topological polar surface area (TPSA) is 97.0 Å². The Hall–Kier alpha value is -4.63. The highest BCUT2D eigenvalue weighted by molar-refractivity contribution is 8.15. The highest BCUT2D eigenvalue weighted by Crippen LogP contribution is 2.34. The second-order valence-corrected chi connectivity index (χ2v) is 11.0. The van der Waals surface area contributed by atoms with Crippen molar-refractivity contribution in [1.29, 1.82) is 0 Å². The first-order chi connectivity index (χ1) is 21.0. The summed E-state index contributed by atoms with van der Waals surface area (Å²) in [4.78, 5) is 22.8. The number of nitrogens with one attached hydrogen (secondary N) is 1. The number of anilines is 1. The zero-order valence-electron chi connectivity index (χ0n) is 23.1. The Morgan fingerprint density at radius 2 is 1.84 bits per heavy atom. The first-order valence-corrected chi connectivity index (χ1v) is 14.4. The van der Waals surface area contributed by atoms with Crippen LogP contribution in [0.3, 0.4) is 0 Å². The Kier molecular flexibility index (Phi) is 9.06. The normalized spacial score (nSPS) is 14.7. The van der Waals surface area contributed by atoms with Crippen molar-refractivity contribution < 1.29 is 27.1 Å². The molecule has 1 N–H and O–H groups in total. The van der Waals surface area contributed by atoms with Crippen LogP contribution in [-0.2, 0) is 4.79 Å². The fraction of sp³-hybridized carbons (Fsp3) is 0.172. The quantitative estimate of drug-likeness (QED) is 0.107. The van der Waals surface area contributed by atoms with E-state index in [1.54, 1.807) is 30.3 Å². The molecule has 1 aliphatic heterocycles. The van der Waals surface area contributed by atoms with Gasteiger partial charge in [0.05, 0.1) is 23.3 Å². The maximum absolute atomic E-state index is 13.9. The maximum Gasteiger partial charge on any atom is 0.573 e. The molecule has 1 aliphatic rings. The standard InChI is InChI=1S/C29H23F4N7O2S2/c1-17(2)23-13-20(30)7-12-24(23)40-25(41)15-44-28(40)36-27(43)37-35-14-18-3-5-19(6-4-18)26-34-16-39(38-26)21-8-10-22(11-9-21)42-29(31,32)33/h3-14,16-17H,15H2,1-2H3,(H,37,43)/b35-14+,36-28-. The molecule has 0 unspecified atom stereocenters. The number of amidine groups is 1. The third-order valence-corrected chi connectivity index (χ3v) is 7.29. The molecule has 2 heterocycles. The summed E-state index contributed by atoms with van der Waals surface area (Å²) in [5.41, 5.74) is 5.87. The number of hydrazone groups is 1. The Morgan fingerprint density at radius 1 is 1.11 bits per heavy atom. The van der Waals surface area contributed by atoms with E-state index < -0.39 is 6.36 Å². The smallest absolute Gasteiger partial charge is 0.406 e. The SMILES string of the molecule is CC(C)c1cc(F)ccc1N1C(=O)CS/C1=N\C(=S)N/N=C/c1ccc(-c2ncn(-c3ccc(OC(F)(F)F)cc3)n2)cc1. The maximum atomic E-state index is 13.9. The second kappa shape index (κ2) is 12.9. The van der Waals surface area contributed by atoms with Crippen LogP contribution in [0.2, 0.25) is 0 Å². The van der Waals surface area contributed by atoms with Gasteiger partial charge in [-0.3, -0.25) is 15.1 Å². The molecular weight excluding hydrogens is 618 g/mol. The first kappa shape index (κ1) is 30.8. The molecule has 1 fully saturated rings. The largest absolute Gasteiger partial charge is 0.573 e. The van der Waals surface area contributed by atoms with Gasteiger partial charge in [-0.25, -0.2) is 14.1 Å². The van der Waals surface area contributed by atoms with E-state index in [0.717, 1.165) is 5.56 Å². The number of halogens is 4. The lowest BCUT2D eigenvalue weighted by atomic mass is 10.0. The van der Waals surface area contributed by atoms with Gasteiger partial charge in [-0.05, 0) is 71.7 Å². The summed E-state index contributed by atoms with van der Waals surface area (Å²) in [5.74, 6) is -0.317. The van der Waals surface area contributed by atoms with Crippen molar-refractivity contribution in [3.8, 4) is 22.8 Å². The Labute approximate surface area is 258 Å². The third-order valence-electron chi connectivity index (χ3n) is 6.18. The van der Waals surface area contributed by atoms with E-state index in [0.29, 0.717) is 33.5 Å². The number of hydrogen-bond donors (Lipinski definition) is 1. The molecule has 0 spiro atoms. The summed E-state index contributed by atoms with van der Waals surface area (Å²) in [6, 6.07) is 16.7. The molecule has 44 heavy (non-hydrogen) atoms. The summed E-state index contributed by atoms with van der Waals surface area (Å²) in [6.45, 7) is 3.84. The van der Waals surface area contributed by atoms with E-state index in [1.807, 2.05) is 13.8 Å². The molecule has 0 atom stereocenters. The lowest BCUT2D eigenvalue weighted by Gasteiger charge is -2.21. The van der Waals surface area contributed by atoms with Crippen LogP contribution in [0, 0.1) is 5.82 Å². The molecule has 1 amide bonds. The van der Waals surface area contributed by atoms with Crippen molar-refractivity contribution in [2.45, 2.75) is 26.1 Å². The summed E-state index contributed by atoms with van der Waals surface area (Å²) in [5, 5.41) is 8.93. The van der Waals surface area contributed by atoms with Crippen LogP contribution in [0.4, 0.5) is 23.2 Å². The Morgan fingerprint density at radius 3 is 2.52 bits per heavy atom. The number of aromatic nitrogens is 3. The summed E-state index contributed by atoms with van der Waals surface area (Å²) < 4.78 is 56.4. The lowest BCUT2D eigenvalue weighted by Crippen LogP contribution is -2.31. The number of aliphatic imine (C=N–C) groups is 1. The number of thiocarbonyl (C=S) groups is 1. The third kappa shape index (κ3) is 7.47. The zero-order valence-corrected chi connectivity index (χ0v) is 24.8. The average Bonchev–Trinajstić information content (AvgIpc) is 3.60. The van der Waals surface area contributed by atoms with Crippen LogP contribution in [0.15, 0.2) is 83.2 Å². The minimum Gasteiger partial charge on any atom is -0.406 e. The first-order valence-electron chi connectivity index (χ1n) is 13.0. The predicted octanol–water partition coefficient (Wildman–Crippen LogP) is 6.44. The molecular formula is C29H23F4N7O2S2. The summed E-state index contributed by atoms with van der Waals surface area (Å²) >= 11 is 6.54. The van der Waals surface area contributed by atoms with Gasteiger partial charge in [-0.15, -0.1) is 18.3 Å². The Bertz CT molecular complexity index is 1740. The second-order valence-electron chi connectivity index (χ2n) is 9.62. The van der Waals surface area contributed by atoms with E-state index in [9.17, 15) is 22.4 Å². The van der Waals surface area contributed by atoms with Gasteiger partial charge in [-0.1, -0.05) is 49.9 Å². The number of alkyl halides is 3.